The van der Waals surface area contributed by atoms with Gasteiger partial charge in [-0.2, -0.15) is 0 Å². The second-order valence-corrected chi connectivity index (χ2v) is 8.66. The van der Waals surface area contributed by atoms with Gasteiger partial charge in [-0.25, -0.2) is 9.97 Å². The summed E-state index contributed by atoms with van der Waals surface area (Å²) >= 11 is 1.39. The van der Waals surface area contributed by atoms with E-state index in [1.165, 1.54) is 11.3 Å². The van der Waals surface area contributed by atoms with Crippen LogP contribution in [-0.4, -0.2) is 33.7 Å². The highest BCUT2D eigenvalue weighted by Crippen LogP contribution is 2.36. The smallest absolute Gasteiger partial charge is 0.267 e. The Hall–Kier alpha value is -3.39. The van der Waals surface area contributed by atoms with Crippen LogP contribution in [0.5, 0.6) is 11.5 Å². The van der Waals surface area contributed by atoms with Gasteiger partial charge in [0.15, 0.2) is 11.5 Å². The minimum Gasteiger partial charge on any atom is -0.486 e. The SMILES string of the molecule is Cc1nc(-c2cn(C(C)C)c3ncccc23)sc1C(=O)Nc1ccc2c(c1)OCCO2. The van der Waals surface area contributed by atoms with E-state index in [1.54, 1.807) is 12.3 Å². The Bertz CT molecular complexity index is 1290. The molecule has 0 saturated carbocycles. The molecule has 5 rings (SSSR count). The van der Waals surface area contributed by atoms with Crippen LogP contribution in [0.15, 0.2) is 42.7 Å². The van der Waals surface area contributed by atoms with Crippen molar-refractivity contribution in [1.29, 1.82) is 0 Å². The fourth-order valence-corrected chi connectivity index (χ4v) is 4.66. The van der Waals surface area contributed by atoms with Crippen LogP contribution >= 0.6 is 11.3 Å². The maximum atomic E-state index is 13.0. The molecule has 7 nitrogen and oxygen atoms in total. The lowest BCUT2D eigenvalue weighted by Crippen LogP contribution is -2.16. The Morgan fingerprint density at radius 1 is 1.19 bits per heavy atom. The Morgan fingerprint density at radius 3 is 2.81 bits per heavy atom. The van der Waals surface area contributed by atoms with Gasteiger partial charge in [0.25, 0.3) is 5.91 Å². The van der Waals surface area contributed by atoms with Crippen molar-refractivity contribution in [2.45, 2.75) is 26.8 Å². The Balaban J connectivity index is 1.46. The molecule has 1 amide bonds. The second-order valence-electron chi connectivity index (χ2n) is 7.66. The van der Waals surface area contributed by atoms with Crippen LogP contribution in [-0.2, 0) is 0 Å². The highest BCUT2D eigenvalue weighted by Gasteiger charge is 2.21. The lowest BCUT2D eigenvalue weighted by atomic mass is 10.2. The van der Waals surface area contributed by atoms with Crippen molar-refractivity contribution in [2.75, 3.05) is 18.5 Å². The summed E-state index contributed by atoms with van der Waals surface area (Å²) in [6.45, 7) is 7.14. The van der Waals surface area contributed by atoms with Crippen LogP contribution in [0.2, 0.25) is 0 Å². The summed E-state index contributed by atoms with van der Waals surface area (Å²) in [6.07, 6.45) is 3.87. The van der Waals surface area contributed by atoms with Crippen molar-refractivity contribution in [2.24, 2.45) is 0 Å². The molecule has 158 valence electrons. The molecule has 0 radical (unpaired) electrons. The summed E-state index contributed by atoms with van der Waals surface area (Å²) in [7, 11) is 0. The fraction of sp³-hybridized carbons (Fsp3) is 0.261. The molecule has 1 aliphatic heterocycles. The molecule has 1 aromatic carbocycles. The van der Waals surface area contributed by atoms with E-state index in [9.17, 15) is 4.79 Å². The molecule has 1 N–H and O–H groups in total. The summed E-state index contributed by atoms with van der Waals surface area (Å²) in [5, 5.41) is 4.79. The molecule has 0 fully saturated rings. The first-order chi connectivity index (χ1) is 15.0. The zero-order valence-corrected chi connectivity index (χ0v) is 18.3. The van der Waals surface area contributed by atoms with E-state index in [1.807, 2.05) is 31.2 Å². The highest BCUT2D eigenvalue weighted by atomic mass is 32.1. The van der Waals surface area contributed by atoms with Gasteiger partial charge < -0.3 is 19.4 Å². The number of amides is 1. The van der Waals surface area contributed by atoms with Gasteiger partial charge in [-0.1, -0.05) is 0 Å². The third-order valence-electron chi connectivity index (χ3n) is 5.18. The van der Waals surface area contributed by atoms with Gasteiger partial charge in [0.05, 0.1) is 5.69 Å². The number of nitrogens with one attached hydrogen (secondary N) is 1. The first kappa shape index (κ1) is 19.6. The summed E-state index contributed by atoms with van der Waals surface area (Å²) in [6, 6.07) is 9.64. The predicted octanol–water partition coefficient (Wildman–Crippen LogP) is 5.07. The molecule has 0 unspecified atom stereocenters. The molecule has 0 aliphatic carbocycles. The van der Waals surface area contributed by atoms with Crippen molar-refractivity contribution in [1.82, 2.24) is 14.5 Å². The van der Waals surface area contributed by atoms with Crippen molar-refractivity contribution in [3.8, 4) is 22.1 Å². The van der Waals surface area contributed by atoms with Crippen LogP contribution in [0.1, 0.15) is 35.3 Å². The number of aryl methyl sites for hydroxylation is 1. The van der Waals surface area contributed by atoms with Gasteiger partial charge in [-0.05, 0) is 45.0 Å². The molecule has 3 aromatic heterocycles. The summed E-state index contributed by atoms with van der Waals surface area (Å²) in [5.41, 5.74) is 3.26. The van der Waals surface area contributed by atoms with Crippen LogP contribution in [0.3, 0.4) is 0 Å². The molecule has 0 saturated heterocycles. The molecule has 31 heavy (non-hydrogen) atoms. The number of fused-ring (bicyclic) bond motifs is 2. The monoisotopic (exact) mass is 434 g/mol. The largest absolute Gasteiger partial charge is 0.486 e. The van der Waals surface area contributed by atoms with E-state index in [0.717, 1.165) is 21.6 Å². The number of carbonyl (C=O) groups is 1. The number of benzene rings is 1. The summed E-state index contributed by atoms with van der Waals surface area (Å²) < 4.78 is 13.3. The first-order valence-electron chi connectivity index (χ1n) is 10.2. The minimum absolute atomic E-state index is 0.191. The second kappa shape index (κ2) is 7.70. The topological polar surface area (TPSA) is 78.3 Å². The lowest BCUT2D eigenvalue weighted by Gasteiger charge is -2.18. The number of pyridine rings is 1. The van der Waals surface area contributed by atoms with Crippen LogP contribution in [0.25, 0.3) is 21.6 Å². The van der Waals surface area contributed by atoms with Crippen LogP contribution < -0.4 is 14.8 Å². The van der Waals surface area contributed by atoms with Gasteiger partial charge in [0.1, 0.15) is 28.7 Å². The van der Waals surface area contributed by atoms with Gasteiger partial charge in [0.2, 0.25) is 0 Å². The lowest BCUT2D eigenvalue weighted by molar-refractivity contribution is 0.102. The standard InChI is InChI=1S/C23H22N4O3S/c1-13(2)27-12-17(16-5-4-8-24-21(16)27)23-25-14(3)20(31-23)22(28)26-15-6-7-18-19(11-15)30-10-9-29-18/h4-8,11-13H,9-10H2,1-3H3,(H,26,28). The molecule has 1 aliphatic rings. The highest BCUT2D eigenvalue weighted by molar-refractivity contribution is 7.17. The average molecular weight is 435 g/mol. The number of hydrogen-bond acceptors (Lipinski definition) is 6. The van der Waals surface area contributed by atoms with E-state index >= 15 is 0 Å². The van der Waals surface area contributed by atoms with Crippen molar-refractivity contribution >= 4 is 34.0 Å². The van der Waals surface area contributed by atoms with Crippen molar-refractivity contribution < 1.29 is 14.3 Å². The van der Waals surface area contributed by atoms with E-state index in [2.05, 4.69) is 34.9 Å². The number of aromatic nitrogens is 3. The maximum Gasteiger partial charge on any atom is 0.267 e. The van der Waals surface area contributed by atoms with E-state index in [4.69, 9.17) is 14.5 Å². The van der Waals surface area contributed by atoms with E-state index in [-0.39, 0.29) is 11.9 Å². The third-order valence-corrected chi connectivity index (χ3v) is 6.37. The molecular formula is C23H22N4O3S. The number of hydrogen-bond donors (Lipinski definition) is 1. The van der Waals surface area contributed by atoms with Gasteiger partial charge >= 0.3 is 0 Å². The average Bonchev–Trinajstić information content (AvgIpc) is 3.34. The first-order valence-corrected chi connectivity index (χ1v) is 11.0. The fourth-order valence-electron chi connectivity index (χ4n) is 3.68. The molecule has 8 heteroatoms. The van der Waals surface area contributed by atoms with Gasteiger partial charge in [-0.3, -0.25) is 4.79 Å². The molecule has 4 aromatic rings. The van der Waals surface area contributed by atoms with Crippen molar-refractivity contribution in [3.05, 3.63) is 53.3 Å². The summed E-state index contributed by atoms with van der Waals surface area (Å²) in [4.78, 5) is 22.8. The molecule has 0 bridgehead atoms. The zero-order chi connectivity index (χ0) is 21.5. The molecule has 0 spiro atoms. The van der Waals surface area contributed by atoms with Crippen LogP contribution in [0.4, 0.5) is 5.69 Å². The van der Waals surface area contributed by atoms with Crippen molar-refractivity contribution in [3.63, 3.8) is 0 Å². The van der Waals surface area contributed by atoms with Crippen LogP contribution in [0, 0.1) is 6.92 Å². The van der Waals surface area contributed by atoms with E-state index in [0.29, 0.717) is 41.0 Å². The predicted molar refractivity (Wildman–Crippen MR) is 121 cm³/mol. The van der Waals surface area contributed by atoms with Gasteiger partial charge in [-0.15, -0.1) is 11.3 Å². The van der Waals surface area contributed by atoms with Gasteiger partial charge in [0, 0.05) is 41.1 Å². The number of rotatable bonds is 4. The Labute approximate surface area is 183 Å². The number of nitrogens with zero attached hydrogens (tertiary/aromatic N) is 3. The summed E-state index contributed by atoms with van der Waals surface area (Å²) in [5.74, 6) is 1.14. The van der Waals surface area contributed by atoms with E-state index < -0.39 is 0 Å². The molecule has 4 heterocycles. The quantitative estimate of drug-likeness (QED) is 0.485. The molecule has 0 atom stereocenters. The number of ether oxygens (including phenoxy) is 2. The number of carbonyl (C=O) groups excluding carboxylic acids is 1. The number of thiazole rings is 1. The number of anilines is 1. The zero-order valence-electron chi connectivity index (χ0n) is 17.5. The third kappa shape index (κ3) is 3.53. The Kier molecular flexibility index (Phi) is 4.86. The maximum absolute atomic E-state index is 13.0. The molecular weight excluding hydrogens is 412 g/mol. The normalized spacial score (nSPS) is 13.0. The Morgan fingerprint density at radius 2 is 2.00 bits per heavy atom. The minimum atomic E-state index is -0.191.